The second-order valence-electron chi connectivity index (χ2n) is 4.67. The van der Waals surface area contributed by atoms with E-state index in [2.05, 4.69) is 5.32 Å². The van der Waals surface area contributed by atoms with Crippen molar-refractivity contribution in [3.05, 3.63) is 70.6 Å². The molecule has 1 N–H and O–H groups in total. The van der Waals surface area contributed by atoms with E-state index in [4.69, 9.17) is 9.15 Å². The molecule has 3 rings (SSSR count). The summed E-state index contributed by atoms with van der Waals surface area (Å²) in [7, 11) is 1.63. The number of hydrogen-bond acceptors (Lipinski definition) is 4. The molecule has 0 aliphatic heterocycles. The lowest BCUT2D eigenvalue weighted by Gasteiger charge is -2.07. The average Bonchev–Trinajstić information content (AvgIpc) is 2.55. The molecule has 1 heterocycles. The smallest absolute Gasteiger partial charge is 0.197 e. The number of fused-ring (bicyclic) bond motifs is 1. The Balaban J connectivity index is 1.81. The van der Waals surface area contributed by atoms with Gasteiger partial charge in [0.25, 0.3) is 0 Å². The zero-order chi connectivity index (χ0) is 14.7. The highest BCUT2D eigenvalue weighted by atomic mass is 16.5. The maximum absolute atomic E-state index is 12.3. The van der Waals surface area contributed by atoms with Crippen LogP contribution in [0.2, 0.25) is 0 Å². The van der Waals surface area contributed by atoms with Gasteiger partial charge in [-0.05, 0) is 36.4 Å². The number of rotatable bonds is 4. The molecule has 0 saturated heterocycles. The SMILES string of the molecule is COc1ccc(NCc2coc3ccccc3c2=O)cc1. The number of anilines is 1. The summed E-state index contributed by atoms with van der Waals surface area (Å²) in [5, 5.41) is 3.81. The summed E-state index contributed by atoms with van der Waals surface area (Å²) in [6, 6.07) is 14.8. The molecule has 1 aromatic heterocycles. The van der Waals surface area contributed by atoms with Gasteiger partial charge in [0.15, 0.2) is 5.43 Å². The van der Waals surface area contributed by atoms with Crippen molar-refractivity contribution in [1.82, 2.24) is 0 Å². The fraction of sp³-hybridized carbons (Fsp3) is 0.118. The van der Waals surface area contributed by atoms with Crippen molar-refractivity contribution in [3.8, 4) is 5.75 Å². The first-order valence-electron chi connectivity index (χ1n) is 6.65. The van der Waals surface area contributed by atoms with E-state index in [-0.39, 0.29) is 5.43 Å². The van der Waals surface area contributed by atoms with Crippen LogP contribution >= 0.6 is 0 Å². The van der Waals surface area contributed by atoms with Gasteiger partial charge in [0, 0.05) is 12.2 Å². The van der Waals surface area contributed by atoms with Crippen molar-refractivity contribution in [2.45, 2.75) is 6.54 Å². The highest BCUT2D eigenvalue weighted by Crippen LogP contribution is 2.16. The predicted octanol–water partition coefficient (Wildman–Crippen LogP) is 3.41. The lowest BCUT2D eigenvalue weighted by molar-refractivity contribution is 0.415. The Bertz CT molecular complexity index is 806. The molecule has 4 heteroatoms. The molecule has 106 valence electrons. The van der Waals surface area contributed by atoms with Crippen LogP contribution in [0.3, 0.4) is 0 Å². The maximum Gasteiger partial charge on any atom is 0.197 e. The predicted molar refractivity (Wildman–Crippen MR) is 82.8 cm³/mol. The van der Waals surface area contributed by atoms with E-state index >= 15 is 0 Å². The van der Waals surface area contributed by atoms with Crippen LogP contribution in [-0.2, 0) is 6.54 Å². The van der Waals surface area contributed by atoms with Gasteiger partial charge in [-0.2, -0.15) is 0 Å². The number of para-hydroxylation sites is 1. The number of ether oxygens (including phenoxy) is 1. The first-order chi connectivity index (χ1) is 10.3. The van der Waals surface area contributed by atoms with E-state index in [1.807, 2.05) is 36.4 Å². The molecule has 2 aromatic carbocycles. The van der Waals surface area contributed by atoms with Gasteiger partial charge in [-0.1, -0.05) is 12.1 Å². The number of benzene rings is 2. The van der Waals surface area contributed by atoms with Crippen LogP contribution in [0, 0.1) is 0 Å². The van der Waals surface area contributed by atoms with Crippen molar-refractivity contribution in [2.24, 2.45) is 0 Å². The van der Waals surface area contributed by atoms with Crippen molar-refractivity contribution in [2.75, 3.05) is 12.4 Å². The van der Waals surface area contributed by atoms with Crippen molar-refractivity contribution in [3.63, 3.8) is 0 Å². The van der Waals surface area contributed by atoms with Gasteiger partial charge in [0.05, 0.1) is 24.3 Å². The molecule has 0 bridgehead atoms. The van der Waals surface area contributed by atoms with Crippen LogP contribution in [0.5, 0.6) is 5.75 Å². The summed E-state index contributed by atoms with van der Waals surface area (Å²) in [5.74, 6) is 0.797. The number of hydrogen-bond donors (Lipinski definition) is 1. The van der Waals surface area contributed by atoms with Crippen LogP contribution in [0.25, 0.3) is 11.0 Å². The summed E-state index contributed by atoms with van der Waals surface area (Å²) >= 11 is 0. The van der Waals surface area contributed by atoms with Gasteiger partial charge in [0.1, 0.15) is 11.3 Å². The van der Waals surface area contributed by atoms with Crippen LogP contribution in [0.1, 0.15) is 5.56 Å². The zero-order valence-electron chi connectivity index (χ0n) is 11.6. The minimum atomic E-state index is -0.00198. The van der Waals surface area contributed by atoms with E-state index in [1.165, 1.54) is 6.26 Å². The second kappa shape index (κ2) is 5.71. The maximum atomic E-state index is 12.3. The summed E-state index contributed by atoms with van der Waals surface area (Å²) < 4.78 is 10.6. The van der Waals surface area contributed by atoms with Crippen LogP contribution in [0.15, 0.2) is 64.0 Å². The number of nitrogens with one attached hydrogen (secondary N) is 1. The molecule has 0 amide bonds. The van der Waals surface area contributed by atoms with Crippen LogP contribution in [0.4, 0.5) is 5.69 Å². The molecular weight excluding hydrogens is 266 g/mol. The molecule has 0 atom stereocenters. The molecule has 0 aliphatic carbocycles. The summed E-state index contributed by atoms with van der Waals surface area (Å²) in [6.45, 7) is 0.416. The van der Waals surface area contributed by atoms with Gasteiger partial charge in [-0.25, -0.2) is 0 Å². The van der Waals surface area contributed by atoms with Crippen molar-refractivity contribution in [1.29, 1.82) is 0 Å². The molecule has 0 spiro atoms. The van der Waals surface area contributed by atoms with Gasteiger partial charge < -0.3 is 14.5 Å². The lowest BCUT2D eigenvalue weighted by Crippen LogP contribution is -2.12. The van der Waals surface area contributed by atoms with Crippen LogP contribution in [-0.4, -0.2) is 7.11 Å². The Morgan fingerprint density at radius 3 is 2.62 bits per heavy atom. The molecule has 0 saturated carbocycles. The van der Waals surface area contributed by atoms with E-state index in [9.17, 15) is 4.79 Å². The molecular formula is C17H15NO3. The Labute approximate surface area is 122 Å². The highest BCUT2D eigenvalue weighted by Gasteiger charge is 2.06. The molecule has 0 radical (unpaired) electrons. The largest absolute Gasteiger partial charge is 0.497 e. The minimum Gasteiger partial charge on any atom is -0.497 e. The quantitative estimate of drug-likeness (QED) is 0.796. The monoisotopic (exact) mass is 281 g/mol. The minimum absolute atomic E-state index is 0.00198. The van der Waals surface area contributed by atoms with E-state index in [1.54, 1.807) is 19.2 Å². The fourth-order valence-electron chi connectivity index (χ4n) is 2.15. The van der Waals surface area contributed by atoms with E-state index < -0.39 is 0 Å². The standard InChI is InChI=1S/C17H15NO3/c1-20-14-8-6-13(7-9-14)18-10-12-11-21-16-5-3-2-4-15(16)17(12)19/h2-9,11,18H,10H2,1H3. The molecule has 0 unspecified atom stereocenters. The fourth-order valence-corrected chi connectivity index (χ4v) is 2.15. The first-order valence-corrected chi connectivity index (χ1v) is 6.65. The van der Waals surface area contributed by atoms with E-state index in [0.717, 1.165) is 11.4 Å². The normalized spacial score (nSPS) is 10.5. The van der Waals surface area contributed by atoms with Gasteiger partial charge in [-0.3, -0.25) is 4.79 Å². The summed E-state index contributed by atoms with van der Waals surface area (Å²) in [6.07, 6.45) is 1.52. The third-order valence-corrected chi connectivity index (χ3v) is 3.32. The van der Waals surface area contributed by atoms with Gasteiger partial charge >= 0.3 is 0 Å². The second-order valence-corrected chi connectivity index (χ2v) is 4.67. The molecule has 3 aromatic rings. The third kappa shape index (κ3) is 2.74. The Hall–Kier alpha value is -2.75. The zero-order valence-corrected chi connectivity index (χ0v) is 11.6. The topological polar surface area (TPSA) is 51.5 Å². The van der Waals surface area contributed by atoms with Crippen molar-refractivity contribution >= 4 is 16.7 Å². The molecule has 4 nitrogen and oxygen atoms in total. The van der Waals surface area contributed by atoms with E-state index in [0.29, 0.717) is 23.1 Å². The summed E-state index contributed by atoms with van der Waals surface area (Å²) in [4.78, 5) is 12.3. The van der Waals surface area contributed by atoms with Crippen LogP contribution < -0.4 is 15.5 Å². The van der Waals surface area contributed by atoms with Gasteiger partial charge in [-0.15, -0.1) is 0 Å². The number of methoxy groups -OCH3 is 1. The molecule has 0 aliphatic rings. The lowest BCUT2D eigenvalue weighted by atomic mass is 10.1. The average molecular weight is 281 g/mol. The van der Waals surface area contributed by atoms with Gasteiger partial charge in [0.2, 0.25) is 0 Å². The summed E-state index contributed by atoms with van der Waals surface area (Å²) in [5.41, 5.74) is 2.13. The highest BCUT2D eigenvalue weighted by molar-refractivity contribution is 5.76. The molecule has 21 heavy (non-hydrogen) atoms. The third-order valence-electron chi connectivity index (χ3n) is 3.32. The molecule has 0 fully saturated rings. The Morgan fingerprint density at radius 2 is 1.86 bits per heavy atom. The Kier molecular flexibility index (Phi) is 3.60. The van der Waals surface area contributed by atoms with Crippen molar-refractivity contribution < 1.29 is 9.15 Å². The first kappa shape index (κ1) is 13.2. The Morgan fingerprint density at radius 1 is 1.10 bits per heavy atom.